The van der Waals surface area contributed by atoms with Crippen LogP contribution in [-0.2, 0) is 0 Å². The lowest BCUT2D eigenvalue weighted by Gasteiger charge is -2.34. The molecular weight excluding hydrogens is 370 g/mol. The molecule has 0 spiro atoms. The predicted molar refractivity (Wildman–Crippen MR) is 113 cm³/mol. The van der Waals surface area contributed by atoms with Gasteiger partial charge in [0.25, 0.3) is 11.6 Å². The van der Waals surface area contributed by atoms with Crippen LogP contribution in [0.3, 0.4) is 0 Å². The molecule has 1 amide bonds. The van der Waals surface area contributed by atoms with Crippen LogP contribution >= 0.6 is 0 Å². The Bertz CT molecular complexity index is 1080. The van der Waals surface area contributed by atoms with Crippen LogP contribution in [0.25, 0.3) is 10.9 Å². The Morgan fingerprint density at radius 2 is 1.86 bits per heavy atom. The van der Waals surface area contributed by atoms with E-state index in [0.717, 1.165) is 42.8 Å². The molecule has 1 N–H and O–H groups in total. The summed E-state index contributed by atoms with van der Waals surface area (Å²) in [5.41, 5.74) is 2.54. The number of hydrogen-bond acceptors (Lipinski definition) is 6. The molecule has 1 saturated heterocycles. The number of pyridine rings is 1. The summed E-state index contributed by atoms with van der Waals surface area (Å²) in [5.74, 6) is -0.397. The molecule has 0 radical (unpaired) electrons. The minimum atomic E-state index is -0.513. The summed E-state index contributed by atoms with van der Waals surface area (Å²) >= 11 is 0. The first-order chi connectivity index (χ1) is 14.0. The molecule has 0 saturated carbocycles. The molecule has 1 fully saturated rings. The SMILES string of the molecule is CN1CCN(c2cnc3cccc(NC(=O)c4cccc([N+](=O)[O-])c4)c3c2)CC1. The van der Waals surface area contributed by atoms with Gasteiger partial charge in [-0.15, -0.1) is 0 Å². The molecule has 1 aliphatic rings. The molecule has 0 atom stereocenters. The number of amides is 1. The van der Waals surface area contributed by atoms with Crippen molar-refractivity contribution in [2.24, 2.45) is 0 Å². The van der Waals surface area contributed by atoms with Gasteiger partial charge in [-0.1, -0.05) is 12.1 Å². The van der Waals surface area contributed by atoms with Crippen LogP contribution < -0.4 is 10.2 Å². The van der Waals surface area contributed by atoms with Gasteiger partial charge in [0.05, 0.1) is 28.0 Å². The molecule has 8 heteroatoms. The number of non-ortho nitro benzene ring substituents is 1. The number of nitrogens with zero attached hydrogens (tertiary/aromatic N) is 4. The molecule has 0 aliphatic carbocycles. The average Bonchev–Trinajstić information content (AvgIpc) is 2.74. The van der Waals surface area contributed by atoms with Crippen LogP contribution in [0.1, 0.15) is 10.4 Å². The fourth-order valence-electron chi connectivity index (χ4n) is 3.44. The van der Waals surface area contributed by atoms with E-state index in [1.54, 1.807) is 6.07 Å². The number of piperazine rings is 1. The number of carbonyl (C=O) groups excluding carboxylic acids is 1. The number of benzene rings is 2. The van der Waals surface area contributed by atoms with E-state index in [1.165, 1.54) is 18.2 Å². The summed E-state index contributed by atoms with van der Waals surface area (Å²) in [4.78, 5) is 32.3. The average molecular weight is 391 g/mol. The van der Waals surface area contributed by atoms with Crippen molar-refractivity contribution in [3.05, 3.63) is 70.4 Å². The summed E-state index contributed by atoms with van der Waals surface area (Å²) in [6.45, 7) is 3.82. The van der Waals surface area contributed by atoms with Crippen molar-refractivity contribution in [3.63, 3.8) is 0 Å². The molecule has 1 aliphatic heterocycles. The number of likely N-dealkylation sites (N-methyl/N-ethyl adjacent to an activating group) is 1. The molecule has 0 unspecified atom stereocenters. The number of hydrogen-bond donors (Lipinski definition) is 1. The summed E-state index contributed by atoms with van der Waals surface area (Å²) in [6, 6.07) is 13.3. The highest BCUT2D eigenvalue weighted by Gasteiger charge is 2.17. The molecule has 4 rings (SSSR count). The minimum absolute atomic E-state index is 0.116. The van der Waals surface area contributed by atoms with Gasteiger partial charge in [0, 0.05) is 49.3 Å². The topological polar surface area (TPSA) is 91.6 Å². The van der Waals surface area contributed by atoms with Gasteiger partial charge in [-0.25, -0.2) is 0 Å². The number of carbonyl (C=O) groups is 1. The Kier molecular flexibility index (Phi) is 5.09. The van der Waals surface area contributed by atoms with Crippen LogP contribution in [0.5, 0.6) is 0 Å². The molecule has 1 aromatic heterocycles. The second-order valence-electron chi connectivity index (χ2n) is 7.12. The zero-order valence-corrected chi connectivity index (χ0v) is 16.0. The maximum atomic E-state index is 12.7. The number of fused-ring (bicyclic) bond motifs is 1. The van der Waals surface area contributed by atoms with Gasteiger partial charge in [0.2, 0.25) is 0 Å². The predicted octanol–water partition coefficient (Wildman–Crippen LogP) is 3.15. The van der Waals surface area contributed by atoms with Gasteiger partial charge in [0.1, 0.15) is 0 Å². The van der Waals surface area contributed by atoms with Crippen LogP contribution in [0.15, 0.2) is 54.7 Å². The van der Waals surface area contributed by atoms with Crippen molar-refractivity contribution in [3.8, 4) is 0 Å². The summed E-state index contributed by atoms with van der Waals surface area (Å²) < 4.78 is 0. The van der Waals surface area contributed by atoms with E-state index in [9.17, 15) is 14.9 Å². The third kappa shape index (κ3) is 4.02. The number of rotatable bonds is 4. The first-order valence-electron chi connectivity index (χ1n) is 9.39. The summed E-state index contributed by atoms with van der Waals surface area (Å²) in [7, 11) is 2.11. The summed E-state index contributed by atoms with van der Waals surface area (Å²) in [5, 5.41) is 14.7. The van der Waals surface area contributed by atoms with Crippen LogP contribution in [-0.4, -0.2) is 53.9 Å². The lowest BCUT2D eigenvalue weighted by atomic mass is 10.1. The maximum absolute atomic E-state index is 12.7. The van der Waals surface area contributed by atoms with Crippen LogP contribution in [0.4, 0.5) is 17.1 Å². The molecule has 0 bridgehead atoms. The Balaban J connectivity index is 1.63. The van der Waals surface area contributed by atoms with Gasteiger partial charge in [-0.05, 0) is 31.3 Å². The third-order valence-electron chi connectivity index (χ3n) is 5.15. The lowest BCUT2D eigenvalue weighted by molar-refractivity contribution is -0.384. The van der Waals surface area contributed by atoms with Crippen molar-refractivity contribution < 1.29 is 9.72 Å². The zero-order valence-electron chi connectivity index (χ0n) is 16.0. The van der Waals surface area contributed by atoms with Gasteiger partial charge >= 0.3 is 0 Å². The van der Waals surface area contributed by atoms with Crippen LogP contribution in [0, 0.1) is 10.1 Å². The van der Waals surface area contributed by atoms with E-state index >= 15 is 0 Å². The summed E-state index contributed by atoms with van der Waals surface area (Å²) in [6.07, 6.45) is 1.86. The van der Waals surface area contributed by atoms with Crippen molar-refractivity contribution in [2.45, 2.75) is 0 Å². The minimum Gasteiger partial charge on any atom is -0.368 e. The van der Waals surface area contributed by atoms with Gasteiger partial charge in [0.15, 0.2) is 0 Å². The first kappa shape index (κ1) is 18.8. The second-order valence-corrected chi connectivity index (χ2v) is 7.12. The number of nitro benzene ring substituents is 1. The van der Waals surface area contributed by atoms with Gasteiger partial charge < -0.3 is 15.1 Å². The Morgan fingerprint density at radius 1 is 1.10 bits per heavy atom. The molecule has 148 valence electrons. The Morgan fingerprint density at radius 3 is 2.62 bits per heavy atom. The highest BCUT2D eigenvalue weighted by atomic mass is 16.6. The standard InChI is InChI=1S/C21H21N5O3/c1-24-8-10-25(11-9-24)17-13-18-19(22-14-17)6-3-7-20(18)23-21(27)15-4-2-5-16(12-15)26(28)29/h2-7,12-14H,8-11H2,1H3,(H,23,27). The first-order valence-corrected chi connectivity index (χ1v) is 9.39. The smallest absolute Gasteiger partial charge is 0.270 e. The van der Waals surface area contributed by atoms with E-state index in [4.69, 9.17) is 0 Å². The van der Waals surface area contributed by atoms with Crippen molar-refractivity contribution >= 4 is 33.9 Å². The highest BCUT2D eigenvalue weighted by molar-refractivity contribution is 6.09. The van der Waals surface area contributed by atoms with Crippen molar-refractivity contribution in [1.29, 1.82) is 0 Å². The quantitative estimate of drug-likeness (QED) is 0.543. The second kappa shape index (κ2) is 7.84. The largest absolute Gasteiger partial charge is 0.368 e. The van der Waals surface area contributed by atoms with E-state index in [2.05, 4.69) is 27.1 Å². The Labute approximate surface area is 167 Å². The molecule has 8 nitrogen and oxygen atoms in total. The highest BCUT2D eigenvalue weighted by Crippen LogP contribution is 2.27. The molecule has 3 aromatic rings. The van der Waals surface area contributed by atoms with Gasteiger partial charge in [-0.3, -0.25) is 19.9 Å². The number of nitro groups is 1. The molecule has 2 aromatic carbocycles. The van der Waals surface area contributed by atoms with E-state index in [1.807, 2.05) is 30.5 Å². The molecular formula is C21H21N5O3. The number of nitrogens with one attached hydrogen (secondary N) is 1. The van der Waals surface area contributed by atoms with E-state index < -0.39 is 10.8 Å². The monoisotopic (exact) mass is 391 g/mol. The van der Waals surface area contributed by atoms with E-state index in [0.29, 0.717) is 5.69 Å². The lowest BCUT2D eigenvalue weighted by Crippen LogP contribution is -2.44. The maximum Gasteiger partial charge on any atom is 0.270 e. The fourth-order valence-corrected chi connectivity index (χ4v) is 3.44. The number of anilines is 2. The Hall–Kier alpha value is -3.52. The number of aromatic nitrogens is 1. The fraction of sp³-hybridized carbons (Fsp3) is 0.238. The van der Waals surface area contributed by atoms with Crippen molar-refractivity contribution in [1.82, 2.24) is 9.88 Å². The molecule has 29 heavy (non-hydrogen) atoms. The van der Waals surface area contributed by atoms with E-state index in [-0.39, 0.29) is 11.3 Å². The van der Waals surface area contributed by atoms with Crippen LogP contribution in [0.2, 0.25) is 0 Å². The third-order valence-corrected chi connectivity index (χ3v) is 5.15. The molecule has 2 heterocycles. The zero-order chi connectivity index (χ0) is 20.4. The normalized spacial score (nSPS) is 14.7. The van der Waals surface area contributed by atoms with Gasteiger partial charge in [-0.2, -0.15) is 0 Å². The van der Waals surface area contributed by atoms with Crippen molar-refractivity contribution in [2.75, 3.05) is 43.4 Å².